The molecule has 0 atom stereocenters. The smallest absolute Gasteiger partial charge is 0.358 e. The van der Waals surface area contributed by atoms with E-state index >= 15 is 0 Å². The van der Waals surface area contributed by atoms with Crippen molar-refractivity contribution < 1.29 is 14.4 Å². The molecule has 0 unspecified atom stereocenters. The molecule has 0 radical (unpaired) electrons. The van der Waals surface area contributed by atoms with Crippen molar-refractivity contribution >= 4 is 29.3 Å². The van der Waals surface area contributed by atoms with E-state index < -0.39 is 5.97 Å². The number of carboxylic acids is 1. The highest BCUT2D eigenvalue weighted by atomic mass is 35.5. The highest BCUT2D eigenvalue weighted by Gasteiger charge is 2.18. The lowest BCUT2D eigenvalue weighted by atomic mass is 10.2. The topological polar surface area (TPSA) is 63.3 Å². The summed E-state index contributed by atoms with van der Waals surface area (Å²) in [4.78, 5) is 12.0. The van der Waals surface area contributed by atoms with E-state index in [-0.39, 0.29) is 5.69 Å². The monoisotopic (exact) mass is 283 g/mol. The quantitative estimate of drug-likeness (QED) is 0.868. The van der Waals surface area contributed by atoms with Gasteiger partial charge in [-0.3, -0.25) is 0 Å². The zero-order valence-electron chi connectivity index (χ0n) is 9.51. The molecule has 0 amide bonds. The Morgan fingerprint density at radius 1 is 1.44 bits per heavy atom. The third-order valence-corrected chi connectivity index (χ3v) is 3.67. The number of hydrogen-bond acceptors (Lipinski definition) is 4. The van der Waals surface area contributed by atoms with Gasteiger partial charge in [-0.25, -0.2) is 4.79 Å². The minimum atomic E-state index is -1.07. The minimum absolute atomic E-state index is 0.0195. The van der Waals surface area contributed by atoms with Gasteiger partial charge in [0, 0.05) is 21.2 Å². The maximum Gasteiger partial charge on any atom is 0.358 e. The Balaban J connectivity index is 2.12. The summed E-state index contributed by atoms with van der Waals surface area (Å²) in [6, 6.07) is 7.36. The van der Waals surface area contributed by atoms with Crippen molar-refractivity contribution in [2.75, 3.05) is 0 Å². The zero-order chi connectivity index (χ0) is 13.1. The largest absolute Gasteiger partial charge is 0.476 e. The molecule has 2 rings (SSSR count). The van der Waals surface area contributed by atoms with Gasteiger partial charge in [-0.05, 0) is 31.2 Å². The van der Waals surface area contributed by atoms with Crippen molar-refractivity contribution in [2.24, 2.45) is 0 Å². The van der Waals surface area contributed by atoms with Gasteiger partial charge in [0.1, 0.15) is 5.76 Å². The summed E-state index contributed by atoms with van der Waals surface area (Å²) in [6.45, 7) is 1.71. The standard InChI is InChI=1S/C12H10ClNO3S/c1-7-10(11(12(15)16)14-17-7)6-18-9-4-2-8(13)3-5-9/h2-5H,6H2,1H3,(H,15,16). The predicted molar refractivity (Wildman–Crippen MR) is 69.2 cm³/mol. The van der Waals surface area contributed by atoms with E-state index in [0.717, 1.165) is 4.90 Å². The number of rotatable bonds is 4. The fraction of sp³-hybridized carbons (Fsp3) is 0.167. The molecule has 1 aromatic heterocycles. The molecule has 0 bridgehead atoms. The van der Waals surface area contributed by atoms with Crippen LogP contribution in [0.2, 0.25) is 5.02 Å². The van der Waals surface area contributed by atoms with Crippen molar-refractivity contribution in [3.8, 4) is 0 Å². The molecular weight excluding hydrogens is 274 g/mol. The molecule has 1 heterocycles. The molecule has 94 valence electrons. The lowest BCUT2D eigenvalue weighted by molar-refractivity contribution is 0.0685. The van der Waals surface area contributed by atoms with E-state index in [9.17, 15) is 4.79 Å². The maximum absolute atomic E-state index is 10.9. The molecule has 0 saturated carbocycles. The molecule has 0 fully saturated rings. The van der Waals surface area contributed by atoms with E-state index in [4.69, 9.17) is 21.2 Å². The molecule has 18 heavy (non-hydrogen) atoms. The first kappa shape index (κ1) is 13.0. The average Bonchev–Trinajstić information content (AvgIpc) is 2.70. The van der Waals surface area contributed by atoms with Crippen LogP contribution in [0.1, 0.15) is 21.8 Å². The number of aromatic carboxylic acids is 1. The van der Waals surface area contributed by atoms with E-state index in [2.05, 4.69) is 5.16 Å². The van der Waals surface area contributed by atoms with Gasteiger partial charge in [0.05, 0.1) is 0 Å². The van der Waals surface area contributed by atoms with Crippen LogP contribution in [0.5, 0.6) is 0 Å². The first-order valence-corrected chi connectivity index (χ1v) is 6.51. The van der Waals surface area contributed by atoms with Crippen LogP contribution in [-0.4, -0.2) is 16.2 Å². The van der Waals surface area contributed by atoms with Crippen molar-refractivity contribution in [1.29, 1.82) is 0 Å². The molecule has 0 spiro atoms. The van der Waals surface area contributed by atoms with Crippen LogP contribution in [0.3, 0.4) is 0 Å². The van der Waals surface area contributed by atoms with E-state index in [1.165, 1.54) is 11.8 Å². The van der Waals surface area contributed by atoms with Gasteiger partial charge in [-0.2, -0.15) is 0 Å². The van der Waals surface area contributed by atoms with E-state index in [1.807, 2.05) is 12.1 Å². The molecular formula is C12H10ClNO3S. The number of carboxylic acid groups (broad SMARTS) is 1. The first-order chi connectivity index (χ1) is 8.58. The highest BCUT2D eigenvalue weighted by Crippen LogP contribution is 2.27. The second-order valence-electron chi connectivity index (χ2n) is 3.61. The summed E-state index contributed by atoms with van der Waals surface area (Å²) in [6.07, 6.45) is 0. The van der Waals surface area contributed by atoms with Gasteiger partial charge in [0.15, 0.2) is 5.69 Å². The van der Waals surface area contributed by atoms with Gasteiger partial charge >= 0.3 is 5.97 Å². The number of thioether (sulfide) groups is 1. The first-order valence-electron chi connectivity index (χ1n) is 5.14. The number of carbonyl (C=O) groups is 1. The highest BCUT2D eigenvalue weighted by molar-refractivity contribution is 7.98. The Kier molecular flexibility index (Phi) is 3.93. The molecule has 1 aromatic carbocycles. The van der Waals surface area contributed by atoms with Crippen LogP contribution in [-0.2, 0) is 5.75 Å². The van der Waals surface area contributed by atoms with Crippen LogP contribution in [0, 0.1) is 6.92 Å². The molecule has 2 aromatic rings. The molecule has 1 N–H and O–H groups in total. The Morgan fingerprint density at radius 3 is 2.72 bits per heavy atom. The van der Waals surface area contributed by atoms with Gasteiger partial charge < -0.3 is 9.63 Å². The van der Waals surface area contributed by atoms with Crippen LogP contribution in [0.4, 0.5) is 0 Å². The van der Waals surface area contributed by atoms with Crippen LogP contribution in [0.25, 0.3) is 0 Å². The molecule has 0 aliphatic rings. The van der Waals surface area contributed by atoms with E-state index in [1.54, 1.807) is 19.1 Å². The summed E-state index contributed by atoms with van der Waals surface area (Å²) in [5, 5.41) is 13.2. The van der Waals surface area contributed by atoms with Crippen molar-refractivity contribution in [3.05, 3.63) is 46.3 Å². The third-order valence-electron chi connectivity index (χ3n) is 2.38. The number of benzene rings is 1. The normalized spacial score (nSPS) is 10.6. The number of halogens is 1. The van der Waals surface area contributed by atoms with Gasteiger partial charge in [0.25, 0.3) is 0 Å². The molecule has 0 aliphatic heterocycles. The molecule has 4 nitrogen and oxygen atoms in total. The predicted octanol–water partition coefficient (Wildman–Crippen LogP) is 3.63. The van der Waals surface area contributed by atoms with Gasteiger partial charge in [0.2, 0.25) is 0 Å². The van der Waals surface area contributed by atoms with Crippen LogP contribution >= 0.6 is 23.4 Å². The average molecular weight is 284 g/mol. The number of aryl methyl sites for hydroxylation is 1. The van der Waals surface area contributed by atoms with Gasteiger partial charge in [-0.15, -0.1) is 11.8 Å². The van der Waals surface area contributed by atoms with Crippen LogP contribution in [0.15, 0.2) is 33.7 Å². The fourth-order valence-corrected chi connectivity index (χ4v) is 2.52. The fourth-order valence-electron chi connectivity index (χ4n) is 1.42. The second-order valence-corrected chi connectivity index (χ2v) is 5.10. The zero-order valence-corrected chi connectivity index (χ0v) is 11.1. The summed E-state index contributed by atoms with van der Waals surface area (Å²) < 4.78 is 4.90. The Bertz CT molecular complexity index is 565. The van der Waals surface area contributed by atoms with Crippen molar-refractivity contribution in [3.63, 3.8) is 0 Å². The maximum atomic E-state index is 10.9. The summed E-state index contributed by atoms with van der Waals surface area (Å²) >= 11 is 7.30. The summed E-state index contributed by atoms with van der Waals surface area (Å²) in [5.74, 6) is -0.0362. The minimum Gasteiger partial charge on any atom is -0.476 e. The SMILES string of the molecule is Cc1onc(C(=O)O)c1CSc1ccc(Cl)cc1. The van der Waals surface area contributed by atoms with Crippen LogP contribution < -0.4 is 0 Å². The van der Waals surface area contributed by atoms with Gasteiger partial charge in [-0.1, -0.05) is 16.8 Å². The van der Waals surface area contributed by atoms with Crippen molar-refractivity contribution in [1.82, 2.24) is 5.16 Å². The number of aromatic nitrogens is 1. The number of nitrogens with zero attached hydrogens (tertiary/aromatic N) is 1. The Hall–Kier alpha value is -1.46. The third kappa shape index (κ3) is 2.86. The molecule has 0 aliphatic carbocycles. The molecule has 0 saturated heterocycles. The van der Waals surface area contributed by atoms with E-state index in [0.29, 0.717) is 22.1 Å². The van der Waals surface area contributed by atoms with Crippen molar-refractivity contribution in [2.45, 2.75) is 17.6 Å². The Labute approximate surface area is 113 Å². The summed E-state index contributed by atoms with van der Waals surface area (Å²) in [7, 11) is 0. The Morgan fingerprint density at radius 2 is 2.11 bits per heavy atom. The lowest BCUT2D eigenvalue weighted by Crippen LogP contribution is -2.00. The summed E-state index contributed by atoms with van der Waals surface area (Å²) in [5.41, 5.74) is 0.594. The number of hydrogen-bond donors (Lipinski definition) is 1. The lowest BCUT2D eigenvalue weighted by Gasteiger charge is -2.01. The second kappa shape index (κ2) is 5.46. The molecule has 6 heteroatoms.